The Morgan fingerprint density at radius 2 is 2.22 bits per heavy atom. The standard InChI is InChI=1S/C16H24N2/c1-2-3-4-5-12-8-13(11-17-10-12)15-9-14-6-7-16(15)18-14/h8,10-11,14-16,18H,2-7,9H2,1H3. The van der Waals surface area contributed by atoms with Gasteiger partial charge in [-0.1, -0.05) is 25.8 Å². The predicted molar refractivity (Wildman–Crippen MR) is 74.8 cm³/mol. The number of nitrogens with zero attached hydrogens (tertiary/aromatic N) is 1. The molecular weight excluding hydrogens is 220 g/mol. The molecular formula is C16H24N2. The summed E-state index contributed by atoms with van der Waals surface area (Å²) >= 11 is 0. The fourth-order valence-corrected chi connectivity index (χ4v) is 3.62. The van der Waals surface area contributed by atoms with Gasteiger partial charge in [0.15, 0.2) is 0 Å². The van der Waals surface area contributed by atoms with Crippen LogP contribution in [0.1, 0.15) is 62.5 Å². The third kappa shape index (κ3) is 2.44. The smallest absolute Gasteiger partial charge is 0.0303 e. The number of unbranched alkanes of at least 4 members (excludes halogenated alkanes) is 2. The van der Waals surface area contributed by atoms with E-state index in [9.17, 15) is 0 Å². The van der Waals surface area contributed by atoms with Crippen LogP contribution >= 0.6 is 0 Å². The molecule has 1 aromatic rings. The van der Waals surface area contributed by atoms with E-state index in [4.69, 9.17) is 0 Å². The van der Waals surface area contributed by atoms with Crippen LogP contribution in [0, 0.1) is 0 Å². The van der Waals surface area contributed by atoms with E-state index in [1.54, 1.807) is 0 Å². The first kappa shape index (κ1) is 12.2. The van der Waals surface area contributed by atoms with Crippen molar-refractivity contribution in [3.05, 3.63) is 29.6 Å². The van der Waals surface area contributed by atoms with E-state index in [1.807, 2.05) is 0 Å². The number of rotatable bonds is 5. The minimum Gasteiger partial charge on any atom is -0.311 e. The van der Waals surface area contributed by atoms with Crippen molar-refractivity contribution in [2.75, 3.05) is 0 Å². The summed E-state index contributed by atoms with van der Waals surface area (Å²) < 4.78 is 0. The number of pyridine rings is 1. The van der Waals surface area contributed by atoms with Crippen LogP contribution in [-0.4, -0.2) is 17.1 Å². The highest BCUT2D eigenvalue weighted by Gasteiger charge is 2.39. The van der Waals surface area contributed by atoms with Crippen molar-refractivity contribution in [1.82, 2.24) is 10.3 Å². The number of nitrogens with one attached hydrogen (secondary N) is 1. The van der Waals surface area contributed by atoms with E-state index < -0.39 is 0 Å². The minimum absolute atomic E-state index is 0.724. The molecule has 2 fully saturated rings. The molecule has 0 saturated carbocycles. The molecule has 2 bridgehead atoms. The van der Waals surface area contributed by atoms with Gasteiger partial charge in [0.2, 0.25) is 0 Å². The van der Waals surface area contributed by atoms with Crippen LogP contribution < -0.4 is 5.32 Å². The van der Waals surface area contributed by atoms with Crippen LogP contribution in [0.5, 0.6) is 0 Å². The molecule has 2 heteroatoms. The lowest BCUT2D eigenvalue weighted by Crippen LogP contribution is -2.21. The molecule has 2 saturated heterocycles. The Labute approximate surface area is 110 Å². The molecule has 0 radical (unpaired) electrons. The fraction of sp³-hybridized carbons (Fsp3) is 0.688. The van der Waals surface area contributed by atoms with E-state index in [1.165, 1.54) is 56.1 Å². The van der Waals surface area contributed by atoms with Gasteiger partial charge < -0.3 is 5.32 Å². The lowest BCUT2D eigenvalue weighted by atomic mass is 9.84. The van der Waals surface area contributed by atoms with Crippen LogP contribution in [0.25, 0.3) is 0 Å². The van der Waals surface area contributed by atoms with Gasteiger partial charge in [0, 0.05) is 30.4 Å². The normalized spacial score (nSPS) is 29.9. The molecule has 98 valence electrons. The van der Waals surface area contributed by atoms with Gasteiger partial charge in [-0.05, 0) is 43.2 Å². The second-order valence-corrected chi connectivity index (χ2v) is 5.97. The topological polar surface area (TPSA) is 24.9 Å². The van der Waals surface area contributed by atoms with Crippen molar-refractivity contribution < 1.29 is 0 Å². The Balaban J connectivity index is 1.67. The molecule has 0 amide bonds. The molecule has 2 nitrogen and oxygen atoms in total. The van der Waals surface area contributed by atoms with E-state index in [0.29, 0.717) is 0 Å². The van der Waals surface area contributed by atoms with Gasteiger partial charge in [0.05, 0.1) is 0 Å². The Morgan fingerprint density at radius 3 is 2.94 bits per heavy atom. The lowest BCUT2D eigenvalue weighted by Gasteiger charge is -2.20. The number of aryl methyl sites for hydroxylation is 1. The Hall–Kier alpha value is -0.890. The Kier molecular flexibility index (Phi) is 3.64. The fourth-order valence-electron chi connectivity index (χ4n) is 3.62. The van der Waals surface area contributed by atoms with Gasteiger partial charge in [-0.2, -0.15) is 0 Å². The molecule has 0 spiro atoms. The molecule has 3 heterocycles. The maximum Gasteiger partial charge on any atom is 0.0303 e. The van der Waals surface area contributed by atoms with Gasteiger partial charge in [-0.15, -0.1) is 0 Å². The van der Waals surface area contributed by atoms with Crippen molar-refractivity contribution in [2.45, 2.75) is 69.9 Å². The summed E-state index contributed by atoms with van der Waals surface area (Å²) in [6.07, 6.45) is 13.3. The second-order valence-electron chi connectivity index (χ2n) is 5.97. The highest BCUT2D eigenvalue weighted by atomic mass is 15.0. The van der Waals surface area contributed by atoms with Gasteiger partial charge in [-0.25, -0.2) is 0 Å². The summed E-state index contributed by atoms with van der Waals surface area (Å²) in [4.78, 5) is 4.46. The first-order valence-electron chi connectivity index (χ1n) is 7.56. The number of hydrogen-bond donors (Lipinski definition) is 1. The SMILES string of the molecule is CCCCCc1cncc(C2CC3CCC2N3)c1. The summed E-state index contributed by atoms with van der Waals surface area (Å²) in [6.45, 7) is 2.26. The average molecular weight is 244 g/mol. The molecule has 2 aliphatic rings. The van der Waals surface area contributed by atoms with Crippen LogP contribution in [0.15, 0.2) is 18.5 Å². The minimum atomic E-state index is 0.724. The average Bonchev–Trinajstić information content (AvgIpc) is 3.02. The Bertz CT molecular complexity index is 402. The molecule has 3 unspecified atom stereocenters. The van der Waals surface area contributed by atoms with Crippen LogP contribution in [0.4, 0.5) is 0 Å². The predicted octanol–water partition coefficient (Wildman–Crippen LogP) is 3.42. The zero-order valence-electron chi connectivity index (χ0n) is 11.4. The van der Waals surface area contributed by atoms with Crippen molar-refractivity contribution in [3.8, 4) is 0 Å². The summed E-state index contributed by atoms with van der Waals surface area (Å²) in [5, 5.41) is 3.72. The number of fused-ring (bicyclic) bond motifs is 2. The van der Waals surface area contributed by atoms with E-state index in [2.05, 4.69) is 35.7 Å². The van der Waals surface area contributed by atoms with Crippen molar-refractivity contribution >= 4 is 0 Å². The van der Waals surface area contributed by atoms with Gasteiger partial charge in [0.25, 0.3) is 0 Å². The third-order valence-corrected chi connectivity index (χ3v) is 4.61. The zero-order valence-corrected chi connectivity index (χ0v) is 11.4. The second kappa shape index (κ2) is 5.40. The maximum atomic E-state index is 4.46. The molecule has 18 heavy (non-hydrogen) atoms. The lowest BCUT2D eigenvalue weighted by molar-refractivity contribution is 0.505. The maximum absolute atomic E-state index is 4.46. The van der Waals surface area contributed by atoms with Crippen molar-refractivity contribution in [3.63, 3.8) is 0 Å². The van der Waals surface area contributed by atoms with Gasteiger partial charge >= 0.3 is 0 Å². The van der Waals surface area contributed by atoms with E-state index in [-0.39, 0.29) is 0 Å². The highest BCUT2D eigenvalue weighted by molar-refractivity contribution is 5.26. The van der Waals surface area contributed by atoms with Crippen LogP contribution in [0.3, 0.4) is 0 Å². The van der Waals surface area contributed by atoms with Crippen molar-refractivity contribution in [2.24, 2.45) is 0 Å². The highest BCUT2D eigenvalue weighted by Crippen LogP contribution is 2.39. The monoisotopic (exact) mass is 244 g/mol. The summed E-state index contributed by atoms with van der Waals surface area (Å²) in [7, 11) is 0. The van der Waals surface area contributed by atoms with Crippen molar-refractivity contribution in [1.29, 1.82) is 0 Å². The van der Waals surface area contributed by atoms with Crippen LogP contribution in [-0.2, 0) is 6.42 Å². The summed E-state index contributed by atoms with van der Waals surface area (Å²) in [5.41, 5.74) is 2.91. The largest absolute Gasteiger partial charge is 0.311 e. The molecule has 1 aromatic heterocycles. The molecule has 0 aliphatic carbocycles. The number of aromatic nitrogens is 1. The molecule has 2 aliphatic heterocycles. The van der Waals surface area contributed by atoms with Crippen LogP contribution in [0.2, 0.25) is 0 Å². The van der Waals surface area contributed by atoms with Gasteiger partial charge in [-0.3, -0.25) is 4.98 Å². The zero-order chi connectivity index (χ0) is 12.4. The molecule has 3 atom stereocenters. The first-order chi connectivity index (χ1) is 8.86. The quantitative estimate of drug-likeness (QED) is 0.803. The summed E-state index contributed by atoms with van der Waals surface area (Å²) in [5.74, 6) is 0.724. The van der Waals surface area contributed by atoms with E-state index >= 15 is 0 Å². The number of hydrogen-bond acceptors (Lipinski definition) is 2. The molecule has 1 N–H and O–H groups in total. The van der Waals surface area contributed by atoms with E-state index in [0.717, 1.165) is 18.0 Å². The molecule has 3 rings (SSSR count). The van der Waals surface area contributed by atoms with Gasteiger partial charge in [0.1, 0.15) is 0 Å². The third-order valence-electron chi connectivity index (χ3n) is 4.61. The summed E-state index contributed by atoms with van der Waals surface area (Å²) in [6, 6.07) is 3.92. The first-order valence-corrected chi connectivity index (χ1v) is 7.56. The molecule has 0 aromatic carbocycles. The Morgan fingerprint density at radius 1 is 1.28 bits per heavy atom.